The number of fused-ring (bicyclic) bond motifs is 1. The van der Waals surface area contributed by atoms with Gasteiger partial charge in [0.2, 0.25) is 0 Å². The Balaban J connectivity index is 2.00. The number of carbonyl (C=O) groups is 1. The number of hydrogen-bond acceptors (Lipinski definition) is 4. The largest absolute Gasteiger partial charge is 0.465 e. The Kier molecular flexibility index (Phi) is 2.40. The summed E-state index contributed by atoms with van der Waals surface area (Å²) in [5, 5.41) is 5.49. The zero-order chi connectivity index (χ0) is 13.9. The van der Waals surface area contributed by atoms with Gasteiger partial charge in [-0.2, -0.15) is 5.10 Å². The van der Waals surface area contributed by atoms with E-state index in [9.17, 15) is 4.79 Å². The minimum atomic E-state index is -0.283. The Morgan fingerprint density at radius 3 is 2.60 bits per heavy atom. The molecule has 0 aliphatic heterocycles. The lowest BCUT2D eigenvalue weighted by Gasteiger charge is -2.06. The summed E-state index contributed by atoms with van der Waals surface area (Å²) in [6.45, 7) is 0. The van der Waals surface area contributed by atoms with Gasteiger partial charge < -0.3 is 4.74 Å². The first kappa shape index (κ1) is 11.9. The second-order valence-corrected chi connectivity index (χ2v) is 5.84. The Hall–Kier alpha value is -1.91. The molecule has 2 heterocycles. The fraction of sp³-hybridized carbons (Fsp3) is 0.533. The highest BCUT2D eigenvalue weighted by molar-refractivity contribution is 6.04. The fourth-order valence-corrected chi connectivity index (χ4v) is 2.80. The van der Waals surface area contributed by atoms with Crippen molar-refractivity contribution in [1.82, 2.24) is 14.8 Å². The van der Waals surface area contributed by atoms with Gasteiger partial charge >= 0.3 is 5.97 Å². The topological polar surface area (TPSA) is 57.0 Å². The van der Waals surface area contributed by atoms with E-state index in [-0.39, 0.29) is 5.97 Å². The van der Waals surface area contributed by atoms with Gasteiger partial charge in [0.15, 0.2) is 5.65 Å². The Morgan fingerprint density at radius 1 is 1.30 bits per heavy atom. The van der Waals surface area contributed by atoms with Gasteiger partial charge in [-0.05, 0) is 31.7 Å². The van der Waals surface area contributed by atoms with Gasteiger partial charge in [0.05, 0.1) is 23.8 Å². The number of carbonyl (C=O) groups excluding carboxylic acids is 1. The molecule has 0 amide bonds. The summed E-state index contributed by atoms with van der Waals surface area (Å²) in [5.41, 5.74) is 3.46. The van der Waals surface area contributed by atoms with Crippen molar-refractivity contribution in [2.45, 2.75) is 37.5 Å². The van der Waals surface area contributed by atoms with Crippen LogP contribution in [0.2, 0.25) is 0 Å². The van der Waals surface area contributed by atoms with Crippen LogP contribution < -0.4 is 0 Å². The van der Waals surface area contributed by atoms with E-state index in [0.29, 0.717) is 17.4 Å². The molecule has 0 N–H and O–H groups in total. The minimum Gasteiger partial charge on any atom is -0.465 e. The maximum Gasteiger partial charge on any atom is 0.338 e. The van der Waals surface area contributed by atoms with Crippen molar-refractivity contribution in [1.29, 1.82) is 0 Å². The van der Waals surface area contributed by atoms with Gasteiger partial charge in [0, 0.05) is 24.6 Å². The molecule has 2 aliphatic rings. The predicted octanol–water partition coefficient (Wildman–Crippen LogP) is 2.51. The highest BCUT2D eigenvalue weighted by Gasteiger charge is 2.33. The lowest BCUT2D eigenvalue weighted by molar-refractivity contribution is 0.0602. The number of esters is 1. The monoisotopic (exact) mass is 271 g/mol. The molecule has 0 spiro atoms. The predicted molar refractivity (Wildman–Crippen MR) is 73.8 cm³/mol. The molecule has 2 aromatic rings. The minimum absolute atomic E-state index is 0.283. The highest BCUT2D eigenvalue weighted by atomic mass is 16.5. The van der Waals surface area contributed by atoms with E-state index in [4.69, 9.17) is 9.72 Å². The van der Waals surface area contributed by atoms with Gasteiger partial charge in [0.1, 0.15) is 0 Å². The molecule has 4 rings (SSSR count). The number of aryl methyl sites for hydroxylation is 1. The number of hydrogen-bond donors (Lipinski definition) is 0. The summed E-state index contributed by atoms with van der Waals surface area (Å²) in [5.74, 6) is 0.701. The lowest BCUT2D eigenvalue weighted by atomic mass is 10.1. The molecule has 0 aromatic carbocycles. The van der Waals surface area contributed by atoms with Crippen LogP contribution in [0.15, 0.2) is 6.07 Å². The third kappa shape index (κ3) is 1.72. The van der Waals surface area contributed by atoms with E-state index in [1.165, 1.54) is 7.11 Å². The number of nitrogens with zero attached hydrogens (tertiary/aromatic N) is 3. The van der Waals surface area contributed by atoms with Crippen LogP contribution in [0.1, 0.15) is 59.3 Å². The first-order valence-corrected chi connectivity index (χ1v) is 7.15. The molecule has 0 unspecified atom stereocenters. The highest BCUT2D eigenvalue weighted by Crippen LogP contribution is 2.45. The molecule has 5 nitrogen and oxygen atoms in total. The SMILES string of the molecule is COC(=O)c1cc(C2CC2)nc2c1c(C1CC1)nn2C. The maximum atomic E-state index is 12.1. The van der Waals surface area contributed by atoms with E-state index in [1.807, 2.05) is 13.1 Å². The van der Waals surface area contributed by atoms with Crippen molar-refractivity contribution in [3.8, 4) is 0 Å². The van der Waals surface area contributed by atoms with Gasteiger partial charge in [-0.3, -0.25) is 4.68 Å². The quantitative estimate of drug-likeness (QED) is 0.805. The summed E-state index contributed by atoms with van der Waals surface area (Å²) in [6, 6.07) is 1.92. The van der Waals surface area contributed by atoms with Crippen LogP contribution in [0.3, 0.4) is 0 Å². The van der Waals surface area contributed by atoms with E-state index < -0.39 is 0 Å². The zero-order valence-corrected chi connectivity index (χ0v) is 11.7. The third-order valence-corrected chi connectivity index (χ3v) is 4.21. The van der Waals surface area contributed by atoms with Crippen LogP contribution in [-0.4, -0.2) is 27.8 Å². The summed E-state index contributed by atoms with van der Waals surface area (Å²) in [6.07, 6.45) is 4.62. The standard InChI is InChI=1S/C15H17N3O2/c1-18-14-12(13(17-18)9-5-6-9)10(15(19)20-2)7-11(16-14)8-3-4-8/h7-9H,3-6H2,1-2H3. The van der Waals surface area contributed by atoms with Crippen molar-refractivity contribution < 1.29 is 9.53 Å². The molecule has 2 aliphatic carbocycles. The van der Waals surface area contributed by atoms with Crippen LogP contribution >= 0.6 is 0 Å². The molecule has 20 heavy (non-hydrogen) atoms. The van der Waals surface area contributed by atoms with Gasteiger partial charge in [-0.25, -0.2) is 9.78 Å². The van der Waals surface area contributed by atoms with E-state index in [0.717, 1.165) is 48.1 Å². The zero-order valence-electron chi connectivity index (χ0n) is 11.7. The number of pyridine rings is 1. The van der Waals surface area contributed by atoms with Crippen LogP contribution in [0, 0.1) is 0 Å². The van der Waals surface area contributed by atoms with Crippen LogP contribution in [-0.2, 0) is 11.8 Å². The van der Waals surface area contributed by atoms with Gasteiger partial charge in [-0.15, -0.1) is 0 Å². The lowest BCUT2D eigenvalue weighted by Crippen LogP contribution is -2.05. The first-order valence-electron chi connectivity index (χ1n) is 7.15. The number of ether oxygens (including phenoxy) is 1. The molecule has 104 valence electrons. The smallest absolute Gasteiger partial charge is 0.338 e. The van der Waals surface area contributed by atoms with Crippen molar-refractivity contribution >= 4 is 17.0 Å². The van der Waals surface area contributed by atoms with Crippen molar-refractivity contribution in [2.75, 3.05) is 7.11 Å². The normalized spacial score (nSPS) is 18.5. The average Bonchev–Trinajstić information content (AvgIpc) is 3.36. The maximum absolute atomic E-state index is 12.1. The van der Waals surface area contributed by atoms with Crippen LogP contribution in [0.5, 0.6) is 0 Å². The summed E-state index contributed by atoms with van der Waals surface area (Å²) in [4.78, 5) is 16.9. The Morgan fingerprint density at radius 2 is 2.00 bits per heavy atom. The number of methoxy groups -OCH3 is 1. The molecule has 5 heteroatoms. The molecule has 0 atom stereocenters. The van der Waals surface area contributed by atoms with E-state index in [2.05, 4.69) is 5.10 Å². The van der Waals surface area contributed by atoms with Crippen molar-refractivity contribution in [3.05, 3.63) is 23.0 Å². The molecule has 0 bridgehead atoms. The number of aromatic nitrogens is 3. The summed E-state index contributed by atoms with van der Waals surface area (Å²) < 4.78 is 6.77. The molecule has 2 aromatic heterocycles. The third-order valence-electron chi connectivity index (χ3n) is 4.21. The molecular formula is C15H17N3O2. The van der Waals surface area contributed by atoms with Crippen LogP contribution in [0.4, 0.5) is 0 Å². The summed E-state index contributed by atoms with van der Waals surface area (Å²) in [7, 11) is 3.33. The molecule has 2 saturated carbocycles. The van der Waals surface area contributed by atoms with Gasteiger partial charge in [-0.1, -0.05) is 0 Å². The summed E-state index contributed by atoms with van der Waals surface area (Å²) >= 11 is 0. The Labute approximate surface area is 116 Å². The molecule has 0 radical (unpaired) electrons. The van der Waals surface area contributed by atoms with Crippen LogP contribution in [0.25, 0.3) is 11.0 Å². The molecular weight excluding hydrogens is 254 g/mol. The fourth-order valence-electron chi connectivity index (χ4n) is 2.80. The Bertz CT molecular complexity index is 711. The first-order chi connectivity index (χ1) is 9.69. The van der Waals surface area contributed by atoms with Crippen molar-refractivity contribution in [2.24, 2.45) is 7.05 Å². The number of rotatable bonds is 3. The van der Waals surface area contributed by atoms with Crippen molar-refractivity contribution in [3.63, 3.8) is 0 Å². The molecule has 0 saturated heterocycles. The van der Waals surface area contributed by atoms with Gasteiger partial charge in [0.25, 0.3) is 0 Å². The average molecular weight is 271 g/mol. The second kappa shape index (κ2) is 4.04. The van der Waals surface area contributed by atoms with E-state index >= 15 is 0 Å². The second-order valence-electron chi connectivity index (χ2n) is 5.84. The van der Waals surface area contributed by atoms with E-state index in [1.54, 1.807) is 4.68 Å². The molecule has 2 fully saturated rings.